The molecule has 2 heterocycles. The van der Waals surface area contributed by atoms with E-state index in [0.29, 0.717) is 37.8 Å². The number of sulfonamides is 1. The van der Waals surface area contributed by atoms with Gasteiger partial charge in [0, 0.05) is 38.8 Å². The third-order valence-corrected chi connectivity index (χ3v) is 6.60. The van der Waals surface area contributed by atoms with Gasteiger partial charge in [0.2, 0.25) is 10.0 Å². The van der Waals surface area contributed by atoms with Gasteiger partial charge in [-0.15, -0.1) is 0 Å². The van der Waals surface area contributed by atoms with Gasteiger partial charge in [0.1, 0.15) is 28.1 Å². The molecule has 1 aliphatic heterocycles. The smallest absolute Gasteiger partial charge is 0.246 e. The van der Waals surface area contributed by atoms with Crippen molar-refractivity contribution in [2.24, 2.45) is 0 Å². The van der Waals surface area contributed by atoms with Crippen LogP contribution in [0.2, 0.25) is 0 Å². The maximum absolute atomic E-state index is 13.1. The van der Waals surface area contributed by atoms with E-state index in [0.717, 1.165) is 23.7 Å². The summed E-state index contributed by atoms with van der Waals surface area (Å²) in [5.41, 5.74) is 0.880. The second kappa shape index (κ2) is 8.32. The van der Waals surface area contributed by atoms with Crippen LogP contribution in [-0.4, -0.2) is 62.5 Å². The minimum Gasteiger partial charge on any atom is -0.495 e. The van der Waals surface area contributed by atoms with Crippen molar-refractivity contribution < 1.29 is 13.2 Å². The largest absolute Gasteiger partial charge is 0.495 e. The van der Waals surface area contributed by atoms with Crippen molar-refractivity contribution in [2.75, 3.05) is 50.1 Å². The molecule has 0 unspecified atom stereocenters. The Bertz CT molecular complexity index is 941. The Balaban J connectivity index is 1.78. The van der Waals surface area contributed by atoms with E-state index in [1.807, 2.05) is 32.9 Å². The number of aromatic nitrogens is 2. The Morgan fingerprint density at radius 1 is 1.11 bits per heavy atom. The number of nitrogens with zero attached hydrogens (tertiary/aromatic N) is 4. The van der Waals surface area contributed by atoms with Gasteiger partial charge in [-0.3, -0.25) is 0 Å². The lowest BCUT2D eigenvalue weighted by molar-refractivity contribution is 0.373. The summed E-state index contributed by atoms with van der Waals surface area (Å²) < 4.78 is 33.1. The van der Waals surface area contributed by atoms with E-state index >= 15 is 0 Å². The maximum Gasteiger partial charge on any atom is 0.246 e. The molecule has 9 heteroatoms. The Morgan fingerprint density at radius 2 is 1.82 bits per heavy atom. The van der Waals surface area contributed by atoms with Crippen LogP contribution in [0.15, 0.2) is 29.2 Å². The molecule has 8 nitrogen and oxygen atoms in total. The Kier molecular flexibility index (Phi) is 6.04. The highest BCUT2D eigenvalue weighted by molar-refractivity contribution is 7.89. The van der Waals surface area contributed by atoms with Gasteiger partial charge in [0.05, 0.1) is 7.11 Å². The fourth-order valence-electron chi connectivity index (χ4n) is 3.27. The van der Waals surface area contributed by atoms with Crippen LogP contribution < -0.4 is 15.0 Å². The first-order chi connectivity index (χ1) is 13.3. The van der Waals surface area contributed by atoms with Gasteiger partial charge in [-0.1, -0.05) is 6.07 Å². The SMILES string of the molecule is CCNc1cc(N2CCN(S(=O)(=O)c3cc(C)ccc3OC)CC2)nc(C)n1. The van der Waals surface area contributed by atoms with E-state index in [2.05, 4.69) is 20.2 Å². The zero-order valence-electron chi connectivity index (χ0n) is 16.8. The van der Waals surface area contributed by atoms with Gasteiger partial charge < -0.3 is 15.0 Å². The van der Waals surface area contributed by atoms with E-state index in [9.17, 15) is 8.42 Å². The molecule has 0 bridgehead atoms. The molecule has 0 saturated carbocycles. The number of nitrogens with one attached hydrogen (secondary N) is 1. The molecule has 1 aromatic heterocycles. The number of anilines is 2. The predicted octanol–water partition coefficient (Wildman–Crippen LogP) is 2.04. The molecule has 0 atom stereocenters. The third-order valence-electron chi connectivity index (χ3n) is 4.68. The molecular weight excluding hydrogens is 378 g/mol. The number of benzene rings is 1. The van der Waals surface area contributed by atoms with E-state index in [-0.39, 0.29) is 4.90 Å². The molecule has 152 valence electrons. The monoisotopic (exact) mass is 405 g/mol. The van der Waals surface area contributed by atoms with Gasteiger partial charge in [-0.05, 0) is 38.5 Å². The first-order valence-corrected chi connectivity index (χ1v) is 10.8. The Morgan fingerprint density at radius 3 is 2.46 bits per heavy atom. The number of aryl methyl sites for hydroxylation is 2. The predicted molar refractivity (Wildman–Crippen MR) is 110 cm³/mol. The molecule has 1 fully saturated rings. The topological polar surface area (TPSA) is 87.7 Å². The van der Waals surface area contributed by atoms with Crippen LogP contribution in [0.5, 0.6) is 5.75 Å². The number of rotatable bonds is 6. The molecule has 1 aliphatic rings. The molecule has 0 spiro atoms. The van der Waals surface area contributed by atoms with Crippen molar-refractivity contribution in [3.05, 3.63) is 35.7 Å². The Labute approximate surface area is 166 Å². The maximum atomic E-state index is 13.1. The van der Waals surface area contributed by atoms with Crippen LogP contribution in [0.1, 0.15) is 18.3 Å². The molecule has 0 radical (unpaired) electrons. The van der Waals surface area contributed by atoms with Gasteiger partial charge in [0.15, 0.2) is 0 Å². The number of hydrogen-bond acceptors (Lipinski definition) is 7. The second-order valence-corrected chi connectivity index (χ2v) is 8.64. The van der Waals surface area contributed by atoms with Crippen LogP contribution in [0.3, 0.4) is 0 Å². The lowest BCUT2D eigenvalue weighted by atomic mass is 10.2. The lowest BCUT2D eigenvalue weighted by Gasteiger charge is -2.35. The molecule has 0 amide bonds. The molecule has 1 saturated heterocycles. The standard InChI is InChI=1S/C19H27N5O3S/c1-5-20-18-13-19(22-15(3)21-18)23-8-10-24(11-9-23)28(25,26)17-12-14(2)6-7-16(17)27-4/h6-7,12-13H,5,8-11H2,1-4H3,(H,20,21,22). The van der Waals surface area contributed by atoms with Crippen molar-refractivity contribution in [1.29, 1.82) is 0 Å². The fraction of sp³-hybridized carbons (Fsp3) is 0.474. The van der Waals surface area contributed by atoms with Gasteiger partial charge in [0.25, 0.3) is 0 Å². The molecule has 3 rings (SSSR count). The zero-order chi connectivity index (χ0) is 20.3. The van der Waals surface area contributed by atoms with Crippen molar-refractivity contribution in [3.63, 3.8) is 0 Å². The highest BCUT2D eigenvalue weighted by Crippen LogP contribution is 2.29. The molecule has 2 aromatic rings. The summed E-state index contributed by atoms with van der Waals surface area (Å²) in [7, 11) is -2.13. The van der Waals surface area contributed by atoms with E-state index in [4.69, 9.17) is 4.74 Å². The summed E-state index contributed by atoms with van der Waals surface area (Å²) >= 11 is 0. The number of hydrogen-bond donors (Lipinski definition) is 1. The van der Waals surface area contributed by atoms with Crippen LogP contribution >= 0.6 is 0 Å². The summed E-state index contributed by atoms with van der Waals surface area (Å²) in [6.07, 6.45) is 0. The van der Waals surface area contributed by atoms with Crippen molar-refractivity contribution in [1.82, 2.24) is 14.3 Å². The van der Waals surface area contributed by atoms with Crippen molar-refractivity contribution >= 4 is 21.7 Å². The molecular formula is C19H27N5O3S. The summed E-state index contributed by atoms with van der Waals surface area (Å²) in [5, 5.41) is 3.20. The van der Waals surface area contributed by atoms with Crippen LogP contribution in [-0.2, 0) is 10.0 Å². The zero-order valence-corrected chi connectivity index (χ0v) is 17.6. The highest BCUT2D eigenvalue weighted by atomic mass is 32.2. The number of ether oxygens (including phenoxy) is 1. The highest BCUT2D eigenvalue weighted by Gasteiger charge is 2.31. The van der Waals surface area contributed by atoms with Gasteiger partial charge in [-0.2, -0.15) is 4.31 Å². The van der Waals surface area contributed by atoms with Crippen molar-refractivity contribution in [3.8, 4) is 5.75 Å². The van der Waals surface area contributed by atoms with Crippen LogP contribution in [0.25, 0.3) is 0 Å². The molecule has 1 N–H and O–H groups in total. The van der Waals surface area contributed by atoms with E-state index < -0.39 is 10.0 Å². The second-order valence-electron chi connectivity index (χ2n) is 6.73. The fourth-order valence-corrected chi connectivity index (χ4v) is 4.93. The van der Waals surface area contributed by atoms with E-state index in [1.54, 1.807) is 12.1 Å². The first-order valence-electron chi connectivity index (χ1n) is 9.34. The van der Waals surface area contributed by atoms with Crippen molar-refractivity contribution in [2.45, 2.75) is 25.7 Å². The third kappa shape index (κ3) is 4.20. The quantitative estimate of drug-likeness (QED) is 0.787. The van der Waals surface area contributed by atoms with Crippen LogP contribution in [0, 0.1) is 13.8 Å². The summed E-state index contributed by atoms with van der Waals surface area (Å²) in [5.74, 6) is 2.65. The number of piperazine rings is 1. The van der Waals surface area contributed by atoms with E-state index in [1.165, 1.54) is 11.4 Å². The first kappa shape index (κ1) is 20.3. The van der Waals surface area contributed by atoms with Gasteiger partial charge in [-0.25, -0.2) is 18.4 Å². The molecule has 28 heavy (non-hydrogen) atoms. The lowest BCUT2D eigenvalue weighted by Crippen LogP contribution is -2.49. The normalized spacial score (nSPS) is 15.5. The van der Waals surface area contributed by atoms with Gasteiger partial charge >= 0.3 is 0 Å². The minimum absolute atomic E-state index is 0.218. The summed E-state index contributed by atoms with van der Waals surface area (Å²) in [6.45, 7) is 8.42. The minimum atomic E-state index is -3.62. The molecule has 0 aliphatic carbocycles. The average molecular weight is 406 g/mol. The average Bonchev–Trinajstić information content (AvgIpc) is 2.68. The summed E-state index contributed by atoms with van der Waals surface area (Å²) in [4.78, 5) is 11.2. The summed E-state index contributed by atoms with van der Waals surface area (Å²) in [6, 6.07) is 7.11. The number of methoxy groups -OCH3 is 1. The Hall–Kier alpha value is -2.39. The molecule has 1 aromatic carbocycles. The van der Waals surface area contributed by atoms with Crippen LogP contribution in [0.4, 0.5) is 11.6 Å².